The Morgan fingerprint density at radius 1 is 0.632 bits per heavy atom. The molecule has 5 aromatic rings. The zero-order valence-corrected chi connectivity index (χ0v) is 36.8. The highest BCUT2D eigenvalue weighted by atomic mass is 16.6. The number of amides is 5. The lowest BCUT2D eigenvalue weighted by Crippen LogP contribution is -2.52. The molecule has 0 saturated heterocycles. The van der Waals surface area contributed by atoms with Crippen LogP contribution in [0.4, 0.5) is 22.7 Å². The number of nitrogens with two attached hydrogens (primary N) is 1. The predicted octanol–water partition coefficient (Wildman–Crippen LogP) is 5.04. The topological polar surface area (TPSA) is 336 Å². The van der Waals surface area contributed by atoms with E-state index in [0.717, 1.165) is 6.07 Å². The van der Waals surface area contributed by atoms with Gasteiger partial charge in [0.15, 0.2) is 28.8 Å². The zero-order chi connectivity index (χ0) is 50.0. The average Bonchev–Trinajstić information content (AvgIpc) is 3.28. The van der Waals surface area contributed by atoms with Crippen LogP contribution in [-0.2, 0) is 16.0 Å². The van der Waals surface area contributed by atoms with Crippen molar-refractivity contribution in [2.24, 2.45) is 11.7 Å². The molecule has 5 amide bonds. The van der Waals surface area contributed by atoms with Gasteiger partial charge in [-0.25, -0.2) is 4.79 Å². The Morgan fingerprint density at radius 2 is 1.09 bits per heavy atom. The molecule has 0 fully saturated rings. The maximum absolute atomic E-state index is 13.7. The third-order valence-corrected chi connectivity index (χ3v) is 9.88. The average molecular weight is 935 g/mol. The molecule has 0 aliphatic heterocycles. The molecule has 0 bridgehead atoms. The van der Waals surface area contributed by atoms with Crippen molar-refractivity contribution in [2.45, 2.75) is 52.4 Å². The molecule has 0 radical (unpaired) electrons. The van der Waals surface area contributed by atoms with Gasteiger partial charge in [-0.05, 0) is 106 Å². The molecule has 0 aliphatic carbocycles. The van der Waals surface area contributed by atoms with Gasteiger partial charge in [0, 0.05) is 40.9 Å². The standard InChI is InChI=1S/C47H46N6O15/c1-23(2)67-40-34(19-17-31(38(40)56)46(62)51-35-20-18-32(47(63)64)39(57)41(35)68-24(3)4)50-44(60)26-7-5-25(6-8-26)21-36(55)37(33(22-54)42(48)58)52-45(61)27-9-13-29(14-10-27)49-43(59)28-11-15-30(16-12-28)53(65)66/h5-20,23-24,33,37,54,56-57H,21-22H2,1-4H3,(H2,48,58)(H,49,59)(H,50,60)(H,51,62)(H,52,61)(H,63,64). The van der Waals surface area contributed by atoms with Crippen LogP contribution in [0.1, 0.15) is 85.0 Å². The van der Waals surface area contributed by atoms with Crippen LogP contribution in [0.15, 0.2) is 97.1 Å². The molecule has 354 valence electrons. The van der Waals surface area contributed by atoms with E-state index in [1.54, 1.807) is 27.7 Å². The van der Waals surface area contributed by atoms with Crippen LogP contribution in [0.5, 0.6) is 23.0 Å². The fourth-order valence-corrected chi connectivity index (χ4v) is 6.51. The Balaban J connectivity index is 1.28. The van der Waals surface area contributed by atoms with Gasteiger partial charge in [-0.3, -0.25) is 38.9 Å². The number of ketones is 1. The van der Waals surface area contributed by atoms with Crippen LogP contribution in [0.2, 0.25) is 0 Å². The third-order valence-electron chi connectivity index (χ3n) is 9.88. The summed E-state index contributed by atoms with van der Waals surface area (Å²) in [5, 5.41) is 62.4. The summed E-state index contributed by atoms with van der Waals surface area (Å²) in [6, 6.07) is 19.1. The normalized spacial score (nSPS) is 11.8. The number of carbonyl (C=O) groups excluding carboxylic acids is 6. The molecule has 0 aromatic heterocycles. The van der Waals surface area contributed by atoms with Gasteiger partial charge in [0.2, 0.25) is 5.91 Å². The molecule has 0 heterocycles. The van der Waals surface area contributed by atoms with Gasteiger partial charge in [0.25, 0.3) is 29.3 Å². The number of non-ortho nitro benzene ring substituents is 1. The number of primary amides is 1. The number of hydrogen-bond acceptors (Lipinski definition) is 14. The first-order valence-electron chi connectivity index (χ1n) is 20.6. The van der Waals surface area contributed by atoms with Gasteiger partial charge >= 0.3 is 5.97 Å². The van der Waals surface area contributed by atoms with Gasteiger partial charge in [-0.1, -0.05) is 12.1 Å². The number of ether oxygens (including phenoxy) is 2. The Kier molecular flexibility index (Phi) is 16.1. The van der Waals surface area contributed by atoms with E-state index in [1.165, 1.54) is 91.0 Å². The SMILES string of the molecule is CC(C)Oc1c(NC(=O)c2ccc(NC(=O)c3ccc(CC(=O)C(NC(=O)c4ccc(NC(=O)c5ccc([N+](=O)[O-])cc5)cc4)C(CO)C(N)=O)cc3)c(OC(C)C)c2O)ccc(C(=O)O)c1O. The summed E-state index contributed by atoms with van der Waals surface area (Å²) in [4.78, 5) is 101. The largest absolute Gasteiger partial charge is 0.504 e. The molecule has 68 heavy (non-hydrogen) atoms. The fraction of sp³-hybridized carbons (Fsp3) is 0.213. The minimum Gasteiger partial charge on any atom is -0.504 e. The minimum absolute atomic E-state index is 0.0116. The van der Waals surface area contributed by atoms with Crippen LogP contribution in [0.25, 0.3) is 0 Å². The number of benzene rings is 5. The van der Waals surface area contributed by atoms with Gasteiger partial charge < -0.3 is 56.9 Å². The summed E-state index contributed by atoms with van der Waals surface area (Å²) in [7, 11) is 0. The Morgan fingerprint density at radius 3 is 1.57 bits per heavy atom. The number of aromatic carboxylic acids is 1. The van der Waals surface area contributed by atoms with E-state index >= 15 is 0 Å². The van der Waals surface area contributed by atoms with E-state index in [2.05, 4.69) is 21.3 Å². The number of aliphatic hydroxyl groups excluding tert-OH is 1. The highest BCUT2D eigenvalue weighted by Crippen LogP contribution is 2.41. The molecule has 0 saturated carbocycles. The second-order valence-electron chi connectivity index (χ2n) is 15.5. The smallest absolute Gasteiger partial charge is 0.339 e. The molecule has 0 spiro atoms. The van der Waals surface area contributed by atoms with E-state index in [-0.39, 0.29) is 62.9 Å². The number of hydrogen-bond donors (Lipinski definition) is 9. The number of Topliss-reactive ketones (excluding diaryl/α,β-unsaturated/α-hetero) is 1. The minimum atomic E-state index is -1.59. The maximum atomic E-state index is 13.7. The lowest BCUT2D eigenvalue weighted by Gasteiger charge is -2.23. The molecular weight excluding hydrogens is 889 g/mol. The van der Waals surface area contributed by atoms with Crippen molar-refractivity contribution in [3.8, 4) is 23.0 Å². The van der Waals surface area contributed by atoms with Crippen molar-refractivity contribution in [1.82, 2.24) is 5.32 Å². The maximum Gasteiger partial charge on any atom is 0.339 e. The molecule has 5 rings (SSSR count). The van der Waals surface area contributed by atoms with Crippen LogP contribution in [-0.4, -0.2) is 91.5 Å². The van der Waals surface area contributed by atoms with E-state index in [4.69, 9.17) is 15.2 Å². The molecule has 2 unspecified atom stereocenters. The van der Waals surface area contributed by atoms with Gasteiger partial charge in [0.1, 0.15) is 11.6 Å². The van der Waals surface area contributed by atoms with E-state index < -0.39 is 94.0 Å². The molecule has 10 N–H and O–H groups in total. The van der Waals surface area contributed by atoms with Crippen molar-refractivity contribution < 1.29 is 68.4 Å². The number of carboxylic acid groups (broad SMARTS) is 1. The summed E-state index contributed by atoms with van der Waals surface area (Å²) < 4.78 is 11.4. The number of nitrogens with one attached hydrogen (secondary N) is 4. The molecule has 21 heteroatoms. The van der Waals surface area contributed by atoms with Crippen molar-refractivity contribution in [3.63, 3.8) is 0 Å². The van der Waals surface area contributed by atoms with Crippen LogP contribution in [0.3, 0.4) is 0 Å². The summed E-state index contributed by atoms with van der Waals surface area (Å²) in [6.45, 7) is 5.63. The summed E-state index contributed by atoms with van der Waals surface area (Å²) in [5.74, 6) is -9.72. The number of nitrogens with zero attached hydrogens (tertiary/aromatic N) is 1. The quantitative estimate of drug-likeness (QED) is 0.0365. The first-order valence-corrected chi connectivity index (χ1v) is 20.6. The number of nitro groups is 1. The number of carboxylic acids is 1. The summed E-state index contributed by atoms with van der Waals surface area (Å²) in [6.07, 6.45) is -1.49. The lowest BCUT2D eigenvalue weighted by molar-refractivity contribution is -0.384. The monoisotopic (exact) mass is 934 g/mol. The zero-order valence-electron chi connectivity index (χ0n) is 36.8. The first kappa shape index (κ1) is 50.2. The molecule has 2 atom stereocenters. The van der Waals surface area contributed by atoms with Crippen molar-refractivity contribution in [2.75, 3.05) is 22.6 Å². The number of rotatable bonds is 20. The molecule has 21 nitrogen and oxygen atoms in total. The van der Waals surface area contributed by atoms with Crippen LogP contribution in [0, 0.1) is 16.0 Å². The molecular formula is C47H46N6O15. The van der Waals surface area contributed by atoms with E-state index in [1.807, 2.05) is 0 Å². The first-order chi connectivity index (χ1) is 32.2. The van der Waals surface area contributed by atoms with Crippen molar-refractivity contribution in [1.29, 1.82) is 0 Å². The second kappa shape index (κ2) is 21.9. The van der Waals surface area contributed by atoms with E-state index in [0.29, 0.717) is 5.56 Å². The summed E-state index contributed by atoms with van der Waals surface area (Å²) >= 11 is 0. The predicted molar refractivity (Wildman–Crippen MR) is 244 cm³/mol. The Hall–Kier alpha value is -8.85. The Labute approximate surface area is 387 Å². The fourth-order valence-electron chi connectivity index (χ4n) is 6.51. The number of carbonyl (C=O) groups is 7. The van der Waals surface area contributed by atoms with Crippen LogP contribution < -0.4 is 36.5 Å². The van der Waals surface area contributed by atoms with Crippen molar-refractivity contribution in [3.05, 3.63) is 141 Å². The number of aromatic hydroxyl groups is 2. The molecule has 0 aliphatic rings. The summed E-state index contributed by atoms with van der Waals surface area (Å²) in [5.41, 5.74) is 5.19. The highest BCUT2D eigenvalue weighted by molar-refractivity contribution is 6.10. The van der Waals surface area contributed by atoms with Gasteiger partial charge in [0.05, 0.1) is 46.6 Å². The number of nitro benzene ring substituents is 1. The highest BCUT2D eigenvalue weighted by Gasteiger charge is 2.34. The third kappa shape index (κ3) is 12.3. The molecule has 5 aromatic carbocycles. The van der Waals surface area contributed by atoms with Gasteiger partial charge in [-0.15, -0.1) is 0 Å². The number of aliphatic hydroxyl groups is 1. The van der Waals surface area contributed by atoms with Gasteiger partial charge in [-0.2, -0.15) is 0 Å². The Bertz CT molecular complexity index is 2760. The number of phenolic OH excluding ortho intramolecular Hbond substituents is 1. The number of phenols is 2. The van der Waals surface area contributed by atoms with E-state index in [9.17, 15) is 64.1 Å². The second-order valence-corrected chi connectivity index (χ2v) is 15.5. The van der Waals surface area contributed by atoms with Crippen molar-refractivity contribution >= 4 is 64.0 Å². The number of anilines is 3. The lowest BCUT2D eigenvalue weighted by atomic mass is 9.91. The van der Waals surface area contributed by atoms with Crippen LogP contribution >= 0.6 is 0 Å².